The minimum absolute atomic E-state index is 0.0434. The van der Waals surface area contributed by atoms with Gasteiger partial charge in [0, 0.05) is 34.8 Å². The largest absolute Gasteiger partial charge is 0.481 e. The number of thiazole rings is 1. The van der Waals surface area contributed by atoms with Gasteiger partial charge < -0.3 is 19.9 Å². The number of carbonyl (C=O) groups excluding carboxylic acids is 1. The molecule has 2 atom stereocenters. The van der Waals surface area contributed by atoms with Crippen LogP contribution < -0.4 is 5.32 Å². The summed E-state index contributed by atoms with van der Waals surface area (Å²) in [5.74, 6) is -6.21. The molecule has 37 heavy (non-hydrogen) atoms. The number of alkyl halides is 2. The number of nitrogens with one attached hydrogen (secondary N) is 1. The molecule has 4 rings (SSSR count). The topological polar surface area (TPSA) is 113 Å². The Balaban J connectivity index is 1.80. The number of halogens is 4. The fraction of sp³-hybridized carbons (Fsp3) is 0.391. The number of rotatable bonds is 8. The van der Waals surface area contributed by atoms with Gasteiger partial charge in [0.25, 0.3) is 5.92 Å². The van der Waals surface area contributed by atoms with E-state index in [-0.39, 0.29) is 37.6 Å². The highest BCUT2D eigenvalue weighted by molar-refractivity contribution is 9.10. The van der Waals surface area contributed by atoms with Gasteiger partial charge in [-0.2, -0.15) is 0 Å². The molecule has 2 aromatic rings. The van der Waals surface area contributed by atoms with Crippen LogP contribution in [0.4, 0.5) is 13.2 Å². The fourth-order valence-corrected chi connectivity index (χ4v) is 5.36. The fourth-order valence-electron chi connectivity index (χ4n) is 4.21. The molecule has 1 saturated heterocycles. The number of ether oxygens (including phenoxy) is 2. The lowest BCUT2D eigenvalue weighted by Crippen LogP contribution is -2.57. The second-order valence-electron chi connectivity index (χ2n) is 8.28. The molecule has 0 bridgehead atoms. The summed E-state index contributed by atoms with van der Waals surface area (Å²) in [6.45, 7) is -0.371. The van der Waals surface area contributed by atoms with E-state index >= 15 is 0 Å². The van der Waals surface area contributed by atoms with Crippen molar-refractivity contribution < 1.29 is 37.3 Å². The minimum Gasteiger partial charge on any atom is -0.481 e. The summed E-state index contributed by atoms with van der Waals surface area (Å²) >= 11 is 4.60. The first-order valence-corrected chi connectivity index (χ1v) is 12.7. The monoisotopic (exact) mass is 602 g/mol. The lowest BCUT2D eigenvalue weighted by atomic mass is 9.94. The highest BCUT2D eigenvalue weighted by Crippen LogP contribution is 2.38. The van der Waals surface area contributed by atoms with Crippen LogP contribution in [-0.2, 0) is 19.1 Å². The Morgan fingerprint density at radius 3 is 2.84 bits per heavy atom. The predicted octanol–water partition coefficient (Wildman–Crippen LogP) is 3.37. The van der Waals surface area contributed by atoms with E-state index in [0.29, 0.717) is 20.9 Å². The average molecular weight is 603 g/mol. The number of aromatic nitrogens is 1. The van der Waals surface area contributed by atoms with Crippen LogP contribution in [0.25, 0.3) is 0 Å². The number of carboxylic acids is 1. The number of hydrogen-bond acceptors (Lipinski definition) is 9. The van der Waals surface area contributed by atoms with E-state index < -0.39 is 42.2 Å². The first kappa shape index (κ1) is 27.2. The third kappa shape index (κ3) is 6.03. The molecule has 2 aliphatic heterocycles. The molecule has 2 N–H and O–H groups in total. The van der Waals surface area contributed by atoms with Crippen LogP contribution in [0.15, 0.2) is 50.5 Å². The predicted molar refractivity (Wildman–Crippen MR) is 131 cm³/mol. The van der Waals surface area contributed by atoms with E-state index in [1.165, 1.54) is 41.5 Å². The maximum Gasteiger partial charge on any atom is 0.338 e. The van der Waals surface area contributed by atoms with E-state index in [1.807, 2.05) is 0 Å². The first-order chi connectivity index (χ1) is 17.6. The molecule has 14 heteroatoms. The number of aliphatic carboxylic acids is 1. The quantitative estimate of drug-likeness (QED) is 0.442. The number of amidine groups is 1. The summed E-state index contributed by atoms with van der Waals surface area (Å²) in [4.78, 5) is 34.4. The molecule has 0 spiro atoms. The van der Waals surface area contributed by atoms with E-state index in [2.05, 4.69) is 31.2 Å². The van der Waals surface area contributed by atoms with Crippen LogP contribution in [0.2, 0.25) is 0 Å². The maximum absolute atomic E-state index is 14.9. The van der Waals surface area contributed by atoms with Crippen LogP contribution in [0.5, 0.6) is 0 Å². The Morgan fingerprint density at radius 2 is 2.19 bits per heavy atom. The Labute approximate surface area is 222 Å². The SMILES string of the molecule is COC(=O)C1=C(CN2CCOCC2C(F)(F)CC(=O)O)NC(c2nccs2)=N[C@H]1c1ccc(F)cc1Br. The second kappa shape index (κ2) is 11.3. The number of benzene rings is 1. The number of esters is 1. The van der Waals surface area contributed by atoms with Gasteiger partial charge in [-0.25, -0.2) is 22.9 Å². The number of morpholine rings is 1. The zero-order chi connectivity index (χ0) is 26.7. The molecule has 1 aromatic heterocycles. The summed E-state index contributed by atoms with van der Waals surface area (Å²) in [7, 11) is 1.18. The van der Waals surface area contributed by atoms with Gasteiger partial charge in [0.05, 0.1) is 31.9 Å². The summed E-state index contributed by atoms with van der Waals surface area (Å²) in [5.41, 5.74) is 0.720. The Hall–Kier alpha value is -2.81. The molecule has 0 amide bonds. The second-order valence-corrected chi connectivity index (χ2v) is 10.0. The third-order valence-corrected chi connectivity index (χ3v) is 7.36. The molecule has 1 aromatic carbocycles. The Bertz CT molecular complexity index is 1240. The van der Waals surface area contributed by atoms with Crippen molar-refractivity contribution in [1.82, 2.24) is 15.2 Å². The number of carbonyl (C=O) groups is 2. The van der Waals surface area contributed by atoms with E-state index in [1.54, 1.807) is 11.6 Å². The van der Waals surface area contributed by atoms with Gasteiger partial charge in [0.2, 0.25) is 0 Å². The maximum atomic E-state index is 14.9. The van der Waals surface area contributed by atoms with Crippen LogP contribution in [0.3, 0.4) is 0 Å². The standard InChI is InChI=1S/C23H22BrF3N4O5S/c1-35-22(34)18-15(10-31-5-6-36-11-16(31)23(26,27)9-17(32)33)29-20(21-28-4-7-37-21)30-19(18)13-3-2-12(25)8-14(13)24/h2-4,7-8,16,19H,5-6,9-11H2,1H3,(H,29,30)(H,32,33)/t16?,19-/m0/s1. The average Bonchev–Trinajstić information content (AvgIpc) is 3.38. The van der Waals surface area contributed by atoms with Crippen molar-refractivity contribution >= 4 is 45.0 Å². The van der Waals surface area contributed by atoms with Crippen molar-refractivity contribution in [3.8, 4) is 0 Å². The van der Waals surface area contributed by atoms with E-state index in [0.717, 1.165) is 0 Å². The van der Waals surface area contributed by atoms with Crippen molar-refractivity contribution in [2.75, 3.05) is 33.4 Å². The molecule has 0 radical (unpaired) electrons. The molecular weight excluding hydrogens is 581 g/mol. The van der Waals surface area contributed by atoms with Gasteiger partial charge in [-0.05, 0) is 17.7 Å². The Morgan fingerprint density at radius 1 is 1.41 bits per heavy atom. The summed E-state index contributed by atoms with van der Waals surface area (Å²) in [6, 6.07) is 1.40. The molecule has 0 saturated carbocycles. The van der Waals surface area contributed by atoms with E-state index in [9.17, 15) is 22.8 Å². The highest BCUT2D eigenvalue weighted by Gasteiger charge is 2.47. The number of methoxy groups -OCH3 is 1. The lowest BCUT2D eigenvalue weighted by Gasteiger charge is -2.40. The normalized spacial score (nSPS) is 20.8. The smallest absolute Gasteiger partial charge is 0.338 e. The summed E-state index contributed by atoms with van der Waals surface area (Å²) < 4.78 is 54.3. The molecule has 1 unspecified atom stereocenters. The Kier molecular flexibility index (Phi) is 8.31. The first-order valence-electron chi connectivity index (χ1n) is 11.0. The number of nitrogens with zero attached hydrogens (tertiary/aromatic N) is 3. The molecule has 1 fully saturated rings. The van der Waals surface area contributed by atoms with Crippen molar-refractivity contribution in [2.45, 2.75) is 24.4 Å². The molecule has 3 heterocycles. The van der Waals surface area contributed by atoms with Crippen molar-refractivity contribution in [3.05, 3.63) is 61.9 Å². The van der Waals surface area contributed by atoms with Crippen LogP contribution in [-0.4, -0.2) is 78.1 Å². The third-order valence-electron chi connectivity index (χ3n) is 5.90. The van der Waals surface area contributed by atoms with Crippen molar-refractivity contribution in [3.63, 3.8) is 0 Å². The molecule has 9 nitrogen and oxygen atoms in total. The summed E-state index contributed by atoms with van der Waals surface area (Å²) in [6.07, 6.45) is 0.196. The van der Waals surface area contributed by atoms with Gasteiger partial charge in [0.15, 0.2) is 10.8 Å². The highest BCUT2D eigenvalue weighted by atomic mass is 79.9. The molecule has 198 valence electrons. The van der Waals surface area contributed by atoms with Crippen LogP contribution >= 0.6 is 27.3 Å². The zero-order valence-electron chi connectivity index (χ0n) is 19.4. The van der Waals surface area contributed by atoms with Gasteiger partial charge in [-0.3, -0.25) is 14.7 Å². The van der Waals surface area contributed by atoms with Crippen LogP contribution in [0, 0.1) is 5.82 Å². The van der Waals surface area contributed by atoms with Gasteiger partial charge >= 0.3 is 11.9 Å². The molecular formula is C23H22BrF3N4O5S. The van der Waals surface area contributed by atoms with Crippen molar-refractivity contribution in [1.29, 1.82) is 0 Å². The zero-order valence-corrected chi connectivity index (χ0v) is 21.8. The number of aliphatic imine (C=N–C) groups is 1. The lowest BCUT2D eigenvalue weighted by molar-refractivity contribution is -0.162. The van der Waals surface area contributed by atoms with Crippen molar-refractivity contribution in [2.24, 2.45) is 4.99 Å². The van der Waals surface area contributed by atoms with Gasteiger partial charge in [-0.1, -0.05) is 22.0 Å². The van der Waals surface area contributed by atoms with Crippen LogP contribution in [0.1, 0.15) is 23.0 Å². The molecule has 0 aliphatic carbocycles. The van der Waals surface area contributed by atoms with Gasteiger partial charge in [-0.15, -0.1) is 11.3 Å². The minimum atomic E-state index is -3.60. The summed E-state index contributed by atoms with van der Waals surface area (Å²) in [5, 5.41) is 14.3. The van der Waals surface area contributed by atoms with E-state index in [4.69, 9.17) is 14.6 Å². The number of carboxylic acid groups (broad SMARTS) is 1. The van der Waals surface area contributed by atoms with Gasteiger partial charge in [0.1, 0.15) is 18.3 Å². The molecule has 2 aliphatic rings. The number of hydrogen-bond donors (Lipinski definition) is 2.